The van der Waals surface area contributed by atoms with Gasteiger partial charge in [-0.1, -0.05) is 25.1 Å². The second-order valence-corrected chi connectivity index (χ2v) is 7.24. The first-order chi connectivity index (χ1) is 15.7. The number of esters is 3. The van der Waals surface area contributed by atoms with Crippen LogP contribution >= 0.6 is 0 Å². The number of allylic oxidation sites excluding steroid dienone is 2. The van der Waals surface area contributed by atoms with E-state index in [4.69, 9.17) is 14.2 Å². The number of hydrogen-bond donors (Lipinski definition) is 2. The number of benzene rings is 1. The predicted molar refractivity (Wildman–Crippen MR) is 121 cm³/mol. The Morgan fingerprint density at radius 3 is 1.94 bits per heavy atom. The molecule has 0 saturated heterocycles. The van der Waals surface area contributed by atoms with Crippen molar-refractivity contribution in [1.82, 2.24) is 5.32 Å². The minimum Gasteiger partial charge on any atom is -0.463 e. The van der Waals surface area contributed by atoms with Crippen LogP contribution < -0.4 is 10.6 Å². The largest absolute Gasteiger partial charge is 0.463 e. The van der Waals surface area contributed by atoms with Crippen molar-refractivity contribution in [3.63, 3.8) is 0 Å². The van der Waals surface area contributed by atoms with E-state index in [1.807, 2.05) is 19.1 Å². The Kier molecular flexibility index (Phi) is 9.20. The first kappa shape index (κ1) is 25.6. The quantitative estimate of drug-likeness (QED) is 0.428. The van der Waals surface area contributed by atoms with Crippen molar-refractivity contribution in [3.05, 3.63) is 52.4 Å². The molecule has 1 aliphatic heterocycles. The Labute approximate surface area is 193 Å². The van der Waals surface area contributed by atoms with Gasteiger partial charge < -0.3 is 24.8 Å². The fraction of sp³-hybridized carbons (Fsp3) is 0.417. The van der Waals surface area contributed by atoms with Crippen LogP contribution in [0, 0.1) is 5.92 Å². The van der Waals surface area contributed by atoms with Crippen LogP contribution in [0.4, 0.5) is 5.69 Å². The number of carbonyl (C=O) groups excluding carboxylic acids is 4. The third-order valence-corrected chi connectivity index (χ3v) is 5.00. The molecule has 1 aromatic rings. The van der Waals surface area contributed by atoms with Gasteiger partial charge in [-0.25, -0.2) is 9.59 Å². The Balaban J connectivity index is 2.27. The molecule has 1 heterocycles. The van der Waals surface area contributed by atoms with Crippen molar-refractivity contribution < 1.29 is 33.4 Å². The lowest BCUT2D eigenvalue weighted by molar-refractivity contribution is -0.153. The zero-order valence-corrected chi connectivity index (χ0v) is 19.6. The minimum atomic E-state index is -1.39. The highest BCUT2D eigenvalue weighted by Crippen LogP contribution is 2.32. The van der Waals surface area contributed by atoms with Gasteiger partial charge in [0.25, 0.3) is 5.91 Å². The molecule has 9 heteroatoms. The van der Waals surface area contributed by atoms with E-state index in [-0.39, 0.29) is 24.4 Å². The summed E-state index contributed by atoms with van der Waals surface area (Å²) in [5.74, 6) is -4.39. The summed E-state index contributed by atoms with van der Waals surface area (Å²) in [6.07, 6.45) is 0.714. The highest BCUT2D eigenvalue weighted by atomic mass is 16.5. The molecule has 0 aromatic heterocycles. The van der Waals surface area contributed by atoms with Gasteiger partial charge in [-0.05, 0) is 45.7 Å². The van der Waals surface area contributed by atoms with Crippen molar-refractivity contribution in [2.75, 3.05) is 25.1 Å². The maximum atomic E-state index is 13.1. The van der Waals surface area contributed by atoms with Crippen molar-refractivity contribution in [3.8, 4) is 0 Å². The van der Waals surface area contributed by atoms with E-state index in [0.29, 0.717) is 23.5 Å². The molecule has 1 aromatic carbocycles. The van der Waals surface area contributed by atoms with Crippen LogP contribution in [0.3, 0.4) is 0 Å². The average Bonchev–Trinajstić information content (AvgIpc) is 2.77. The zero-order chi connectivity index (χ0) is 24.5. The third kappa shape index (κ3) is 6.21. The van der Waals surface area contributed by atoms with Gasteiger partial charge in [-0.15, -0.1) is 0 Å². The van der Waals surface area contributed by atoms with Gasteiger partial charge in [0.2, 0.25) is 0 Å². The number of carbonyl (C=O) groups is 4. The molecule has 0 aliphatic carbocycles. The molecule has 2 rings (SSSR count). The van der Waals surface area contributed by atoms with Gasteiger partial charge in [0.05, 0.1) is 24.4 Å². The summed E-state index contributed by atoms with van der Waals surface area (Å²) in [7, 11) is 0. The summed E-state index contributed by atoms with van der Waals surface area (Å²) >= 11 is 0. The van der Waals surface area contributed by atoms with Crippen LogP contribution in [-0.2, 0) is 39.8 Å². The van der Waals surface area contributed by atoms with E-state index in [0.717, 1.165) is 5.56 Å². The average molecular weight is 459 g/mol. The van der Waals surface area contributed by atoms with Gasteiger partial charge in [0.1, 0.15) is 5.92 Å². The number of anilines is 1. The Bertz CT molecular complexity index is 954. The lowest BCUT2D eigenvalue weighted by Gasteiger charge is -2.28. The van der Waals surface area contributed by atoms with Gasteiger partial charge in [-0.3, -0.25) is 9.59 Å². The maximum Gasteiger partial charge on any atom is 0.337 e. The molecular formula is C24H30N2O7. The molecule has 9 nitrogen and oxygen atoms in total. The molecule has 0 saturated carbocycles. The fourth-order valence-corrected chi connectivity index (χ4v) is 3.55. The number of aryl methyl sites for hydroxylation is 1. The molecule has 0 radical (unpaired) electrons. The fourth-order valence-electron chi connectivity index (χ4n) is 3.55. The number of rotatable bonds is 9. The minimum absolute atomic E-state index is 0.0627. The Hall–Kier alpha value is -3.62. The van der Waals surface area contributed by atoms with Crippen molar-refractivity contribution in [1.29, 1.82) is 0 Å². The van der Waals surface area contributed by atoms with Gasteiger partial charge in [0.15, 0.2) is 6.61 Å². The van der Waals surface area contributed by atoms with Crippen LogP contribution in [0.25, 0.3) is 0 Å². The normalized spacial score (nSPS) is 13.8. The standard InChI is InChI=1S/C24H30N2O7/c1-6-16-11-9-10-12-17(16)26-18(27)13-33-24(30)21-19(22(28)31-7-2)14(4)25-15(5)20(21)23(29)32-8-3/h9-12,21,25H,6-8,13H2,1-5H3,(H,26,27). The Morgan fingerprint density at radius 1 is 0.879 bits per heavy atom. The highest BCUT2D eigenvalue weighted by molar-refractivity contribution is 6.06. The number of nitrogens with one attached hydrogen (secondary N) is 2. The van der Waals surface area contributed by atoms with Gasteiger partial charge in [0, 0.05) is 17.1 Å². The van der Waals surface area contributed by atoms with Crippen molar-refractivity contribution >= 4 is 29.5 Å². The van der Waals surface area contributed by atoms with Crippen molar-refractivity contribution in [2.45, 2.75) is 41.0 Å². The van der Waals surface area contributed by atoms with Gasteiger partial charge in [-0.2, -0.15) is 0 Å². The molecular weight excluding hydrogens is 428 g/mol. The molecule has 0 atom stereocenters. The first-order valence-corrected chi connectivity index (χ1v) is 10.8. The molecule has 1 amide bonds. The second kappa shape index (κ2) is 11.8. The van der Waals surface area contributed by atoms with E-state index in [1.165, 1.54) is 0 Å². The van der Waals surface area contributed by atoms with Crippen LogP contribution in [0.5, 0.6) is 0 Å². The highest BCUT2D eigenvalue weighted by Gasteiger charge is 2.42. The van der Waals surface area contributed by atoms with Crippen LogP contribution in [0.2, 0.25) is 0 Å². The summed E-state index contributed by atoms with van der Waals surface area (Å²) in [5.41, 5.74) is 2.12. The smallest absolute Gasteiger partial charge is 0.337 e. The molecule has 0 bridgehead atoms. The predicted octanol–water partition coefficient (Wildman–Crippen LogP) is 2.62. The lowest BCUT2D eigenvalue weighted by atomic mass is 9.85. The molecule has 178 valence electrons. The summed E-state index contributed by atoms with van der Waals surface area (Å²) < 4.78 is 15.4. The van der Waals surface area contributed by atoms with E-state index in [2.05, 4.69) is 10.6 Å². The van der Waals surface area contributed by atoms with Crippen LogP contribution in [0.1, 0.15) is 40.2 Å². The molecule has 2 N–H and O–H groups in total. The Morgan fingerprint density at radius 2 is 1.42 bits per heavy atom. The maximum absolute atomic E-state index is 13.1. The number of amides is 1. The number of hydrogen-bond acceptors (Lipinski definition) is 8. The molecule has 1 aliphatic rings. The van der Waals surface area contributed by atoms with Gasteiger partial charge >= 0.3 is 17.9 Å². The van der Waals surface area contributed by atoms with E-state index in [9.17, 15) is 19.2 Å². The zero-order valence-electron chi connectivity index (χ0n) is 19.6. The summed E-state index contributed by atoms with van der Waals surface area (Å²) in [5, 5.41) is 5.63. The van der Waals surface area contributed by atoms with Crippen LogP contribution in [-0.4, -0.2) is 43.6 Å². The first-order valence-electron chi connectivity index (χ1n) is 10.8. The number of para-hydroxylation sites is 1. The summed E-state index contributed by atoms with van der Waals surface area (Å²) in [6, 6.07) is 7.29. The SMILES string of the molecule is CCOC(=O)C1=C(C)NC(C)=C(C(=O)OCC)C1C(=O)OCC(=O)Nc1ccccc1CC. The van der Waals surface area contributed by atoms with E-state index < -0.39 is 36.3 Å². The molecule has 0 unspecified atom stereocenters. The molecule has 33 heavy (non-hydrogen) atoms. The summed E-state index contributed by atoms with van der Waals surface area (Å²) in [6.45, 7) is 7.96. The molecule has 0 fully saturated rings. The number of dihydropyridines is 1. The van der Waals surface area contributed by atoms with Crippen LogP contribution in [0.15, 0.2) is 46.8 Å². The third-order valence-electron chi connectivity index (χ3n) is 5.00. The van der Waals surface area contributed by atoms with E-state index in [1.54, 1.807) is 39.8 Å². The second-order valence-electron chi connectivity index (χ2n) is 7.24. The van der Waals surface area contributed by atoms with Crippen molar-refractivity contribution in [2.24, 2.45) is 5.92 Å². The summed E-state index contributed by atoms with van der Waals surface area (Å²) in [4.78, 5) is 50.8. The molecule has 0 spiro atoms. The monoisotopic (exact) mass is 458 g/mol. The topological polar surface area (TPSA) is 120 Å². The van der Waals surface area contributed by atoms with E-state index >= 15 is 0 Å². The lowest BCUT2D eigenvalue weighted by Crippen LogP contribution is -2.39. The number of ether oxygens (including phenoxy) is 3.